The number of ether oxygens (including phenoxy) is 2. The zero-order chi connectivity index (χ0) is 11.3. The van der Waals surface area contributed by atoms with Gasteiger partial charge in [0.25, 0.3) is 10.2 Å². The fourth-order valence-electron chi connectivity index (χ4n) is 1.18. The summed E-state index contributed by atoms with van der Waals surface area (Å²) in [6.07, 6.45) is -0.124. The fraction of sp³-hybridized carbons (Fsp3) is 1.00. The smallest absolute Gasteiger partial charge is 0.279 e. The first-order valence-corrected chi connectivity index (χ1v) is 6.35. The Kier molecular flexibility index (Phi) is 4.94. The summed E-state index contributed by atoms with van der Waals surface area (Å²) in [6.45, 7) is 3.84. The molecule has 0 saturated carbocycles. The topological polar surface area (TPSA) is 67.9 Å². The normalized spacial score (nSPS) is 21.5. The van der Waals surface area contributed by atoms with Gasteiger partial charge in [0.2, 0.25) is 0 Å². The minimum Gasteiger partial charge on any atom is -0.380 e. The largest absolute Gasteiger partial charge is 0.380 e. The van der Waals surface area contributed by atoms with Crippen molar-refractivity contribution in [3.63, 3.8) is 0 Å². The molecule has 1 unspecified atom stereocenters. The van der Waals surface area contributed by atoms with Gasteiger partial charge in [-0.1, -0.05) is 0 Å². The van der Waals surface area contributed by atoms with Gasteiger partial charge >= 0.3 is 0 Å². The Morgan fingerprint density at radius 1 is 1.47 bits per heavy atom. The molecule has 1 fully saturated rings. The molecule has 0 bridgehead atoms. The average molecular weight is 238 g/mol. The first-order chi connectivity index (χ1) is 7.06. The molecule has 0 aromatic rings. The summed E-state index contributed by atoms with van der Waals surface area (Å²) in [6, 6.07) is 0. The van der Waals surface area contributed by atoms with E-state index in [0.29, 0.717) is 26.3 Å². The van der Waals surface area contributed by atoms with E-state index in [1.165, 1.54) is 4.31 Å². The molecule has 0 aromatic carbocycles. The van der Waals surface area contributed by atoms with Gasteiger partial charge < -0.3 is 9.47 Å². The first-order valence-electron chi connectivity index (χ1n) is 4.91. The Bertz CT molecular complexity index is 274. The number of methoxy groups -OCH3 is 1. The van der Waals surface area contributed by atoms with Crippen LogP contribution in [0.25, 0.3) is 0 Å². The summed E-state index contributed by atoms with van der Waals surface area (Å²) < 4.78 is 37.3. The van der Waals surface area contributed by atoms with Crippen molar-refractivity contribution in [2.24, 2.45) is 0 Å². The lowest BCUT2D eigenvalue weighted by molar-refractivity contribution is 0.0718. The predicted molar refractivity (Wildman–Crippen MR) is 55.8 cm³/mol. The zero-order valence-corrected chi connectivity index (χ0v) is 9.92. The monoisotopic (exact) mass is 238 g/mol. The van der Waals surface area contributed by atoms with E-state index < -0.39 is 10.2 Å². The Hall–Kier alpha value is -0.210. The highest BCUT2D eigenvalue weighted by atomic mass is 32.2. The number of morpholine rings is 1. The molecule has 90 valence electrons. The van der Waals surface area contributed by atoms with Crippen LogP contribution < -0.4 is 4.72 Å². The van der Waals surface area contributed by atoms with Gasteiger partial charge in [-0.3, -0.25) is 0 Å². The van der Waals surface area contributed by atoms with E-state index in [1.54, 1.807) is 7.11 Å². The van der Waals surface area contributed by atoms with Crippen LogP contribution in [0.4, 0.5) is 0 Å². The van der Waals surface area contributed by atoms with Gasteiger partial charge in [0.05, 0.1) is 19.3 Å². The maximum atomic E-state index is 11.7. The number of nitrogens with zero attached hydrogens (tertiary/aromatic N) is 1. The van der Waals surface area contributed by atoms with Crippen LogP contribution in [0.1, 0.15) is 6.92 Å². The summed E-state index contributed by atoms with van der Waals surface area (Å²) in [5.74, 6) is 0. The van der Waals surface area contributed by atoms with E-state index in [1.807, 2.05) is 6.92 Å². The van der Waals surface area contributed by atoms with Gasteiger partial charge in [0, 0.05) is 26.7 Å². The van der Waals surface area contributed by atoms with Crippen molar-refractivity contribution in [1.82, 2.24) is 9.03 Å². The number of rotatable bonds is 5. The number of nitrogens with one attached hydrogen (secondary N) is 1. The van der Waals surface area contributed by atoms with Crippen molar-refractivity contribution in [2.75, 3.05) is 40.0 Å². The molecule has 0 radical (unpaired) electrons. The molecule has 1 atom stereocenters. The van der Waals surface area contributed by atoms with Crippen molar-refractivity contribution >= 4 is 10.2 Å². The second-order valence-corrected chi connectivity index (χ2v) is 5.17. The van der Waals surface area contributed by atoms with E-state index in [0.717, 1.165) is 0 Å². The van der Waals surface area contributed by atoms with Crippen molar-refractivity contribution in [2.45, 2.75) is 13.0 Å². The van der Waals surface area contributed by atoms with Crippen molar-refractivity contribution in [1.29, 1.82) is 0 Å². The van der Waals surface area contributed by atoms with Crippen LogP contribution in [0.3, 0.4) is 0 Å². The predicted octanol–water partition coefficient (Wildman–Crippen LogP) is -0.812. The van der Waals surface area contributed by atoms with E-state index in [2.05, 4.69) is 4.72 Å². The Morgan fingerprint density at radius 2 is 2.07 bits per heavy atom. The van der Waals surface area contributed by atoms with Crippen LogP contribution in [0, 0.1) is 0 Å². The summed E-state index contributed by atoms with van der Waals surface area (Å²) in [7, 11) is -1.82. The maximum Gasteiger partial charge on any atom is 0.279 e. The molecule has 7 heteroatoms. The second kappa shape index (κ2) is 5.76. The summed E-state index contributed by atoms with van der Waals surface area (Å²) in [5, 5.41) is 0. The second-order valence-electron chi connectivity index (χ2n) is 3.41. The standard InChI is InChI=1S/C8H18N2O4S/c1-8(13-2)7-9-15(11,12)10-3-5-14-6-4-10/h8-9H,3-7H2,1-2H3. The maximum absolute atomic E-state index is 11.7. The highest BCUT2D eigenvalue weighted by Crippen LogP contribution is 2.02. The fourth-order valence-corrected chi connectivity index (χ4v) is 2.44. The molecule has 1 heterocycles. The molecule has 0 aliphatic carbocycles. The van der Waals surface area contributed by atoms with Gasteiger partial charge in [0.15, 0.2) is 0 Å². The molecule has 15 heavy (non-hydrogen) atoms. The molecule has 0 amide bonds. The summed E-state index contributed by atoms with van der Waals surface area (Å²) >= 11 is 0. The third kappa shape index (κ3) is 4.04. The van der Waals surface area contributed by atoms with Gasteiger partial charge in [0.1, 0.15) is 0 Å². The van der Waals surface area contributed by atoms with Crippen LogP contribution in [0.2, 0.25) is 0 Å². The molecule has 6 nitrogen and oxygen atoms in total. The SMILES string of the molecule is COC(C)CNS(=O)(=O)N1CCOCC1. The molecule has 0 spiro atoms. The number of hydrogen-bond acceptors (Lipinski definition) is 4. The minimum atomic E-state index is -3.37. The van der Waals surface area contributed by atoms with Crippen LogP contribution in [0.15, 0.2) is 0 Å². The van der Waals surface area contributed by atoms with Gasteiger partial charge in [-0.05, 0) is 6.92 Å². The van der Waals surface area contributed by atoms with Gasteiger partial charge in [-0.15, -0.1) is 0 Å². The van der Waals surface area contributed by atoms with E-state index in [-0.39, 0.29) is 12.6 Å². The quantitative estimate of drug-likeness (QED) is 0.680. The van der Waals surface area contributed by atoms with Crippen LogP contribution in [-0.2, 0) is 19.7 Å². The van der Waals surface area contributed by atoms with Gasteiger partial charge in [-0.2, -0.15) is 17.4 Å². The summed E-state index contributed by atoms with van der Waals surface area (Å²) in [4.78, 5) is 0. The minimum absolute atomic E-state index is 0.124. The van der Waals surface area contributed by atoms with Crippen LogP contribution in [-0.4, -0.2) is 58.8 Å². The molecular formula is C8H18N2O4S. The zero-order valence-electron chi connectivity index (χ0n) is 9.10. The number of hydrogen-bond donors (Lipinski definition) is 1. The third-order valence-corrected chi connectivity index (χ3v) is 3.84. The van der Waals surface area contributed by atoms with Crippen molar-refractivity contribution < 1.29 is 17.9 Å². The first kappa shape index (κ1) is 12.9. The van der Waals surface area contributed by atoms with Crippen LogP contribution >= 0.6 is 0 Å². The molecule has 0 aromatic heterocycles. The Morgan fingerprint density at radius 3 is 2.60 bits per heavy atom. The van der Waals surface area contributed by atoms with E-state index in [9.17, 15) is 8.42 Å². The highest BCUT2D eigenvalue weighted by Gasteiger charge is 2.23. The lowest BCUT2D eigenvalue weighted by Crippen LogP contribution is -2.48. The highest BCUT2D eigenvalue weighted by molar-refractivity contribution is 7.87. The Labute approximate surface area is 90.7 Å². The van der Waals surface area contributed by atoms with Crippen molar-refractivity contribution in [3.05, 3.63) is 0 Å². The Balaban J connectivity index is 2.43. The molecular weight excluding hydrogens is 220 g/mol. The average Bonchev–Trinajstić information content (AvgIpc) is 2.27. The van der Waals surface area contributed by atoms with Crippen LogP contribution in [0.5, 0.6) is 0 Å². The summed E-state index contributed by atoms with van der Waals surface area (Å²) in [5.41, 5.74) is 0. The lowest BCUT2D eigenvalue weighted by Gasteiger charge is -2.26. The molecule has 1 aliphatic rings. The third-order valence-electron chi connectivity index (χ3n) is 2.27. The lowest BCUT2D eigenvalue weighted by atomic mass is 10.4. The van der Waals surface area contributed by atoms with E-state index >= 15 is 0 Å². The van der Waals surface area contributed by atoms with Crippen molar-refractivity contribution in [3.8, 4) is 0 Å². The molecule has 1 aliphatic heterocycles. The molecule has 1 N–H and O–H groups in total. The molecule has 1 saturated heterocycles. The van der Waals surface area contributed by atoms with Gasteiger partial charge in [-0.25, -0.2) is 0 Å². The molecule has 1 rings (SSSR count). The van der Waals surface area contributed by atoms with E-state index in [4.69, 9.17) is 9.47 Å².